The van der Waals surface area contributed by atoms with Crippen molar-refractivity contribution in [1.29, 1.82) is 0 Å². The van der Waals surface area contributed by atoms with Crippen LogP contribution in [0.3, 0.4) is 0 Å². The Balaban J connectivity index is 1.81. The van der Waals surface area contributed by atoms with Gasteiger partial charge < -0.3 is 9.47 Å². The number of thiophene rings is 1. The van der Waals surface area contributed by atoms with Crippen LogP contribution in [0, 0.1) is 0 Å². The van der Waals surface area contributed by atoms with Gasteiger partial charge in [-0.2, -0.15) is 0 Å². The SMILES string of the molecule is Clc1cc(C(Br)C2COc3ccccc3O2)sc1Br. The lowest BCUT2D eigenvalue weighted by Crippen LogP contribution is -2.32. The van der Waals surface area contributed by atoms with Crippen LogP contribution in [0.2, 0.25) is 5.02 Å². The zero-order valence-corrected chi connectivity index (χ0v) is 14.4. The first-order valence-corrected chi connectivity index (χ1v) is 8.53. The second-order valence-corrected chi connectivity index (χ2v) is 7.88. The molecule has 1 aliphatic rings. The number of hydrogen-bond donors (Lipinski definition) is 0. The molecule has 19 heavy (non-hydrogen) atoms. The molecule has 0 aliphatic carbocycles. The molecule has 0 N–H and O–H groups in total. The van der Waals surface area contributed by atoms with E-state index in [2.05, 4.69) is 31.9 Å². The molecule has 1 aromatic carbocycles. The standard InChI is InChI=1S/C13H9Br2ClO2S/c14-12(11-5-7(16)13(15)19-11)10-6-17-8-3-1-2-4-9(8)18-10/h1-5,10,12H,6H2. The van der Waals surface area contributed by atoms with E-state index in [0.717, 1.165) is 25.2 Å². The lowest BCUT2D eigenvalue weighted by Gasteiger charge is -2.29. The summed E-state index contributed by atoms with van der Waals surface area (Å²) in [6.07, 6.45) is -0.0727. The molecule has 1 aliphatic heterocycles. The summed E-state index contributed by atoms with van der Waals surface area (Å²) in [6, 6.07) is 9.64. The van der Waals surface area contributed by atoms with E-state index >= 15 is 0 Å². The molecule has 0 saturated heterocycles. The van der Waals surface area contributed by atoms with E-state index in [0.29, 0.717) is 6.61 Å². The van der Waals surface area contributed by atoms with E-state index in [-0.39, 0.29) is 10.9 Å². The number of benzene rings is 1. The van der Waals surface area contributed by atoms with Crippen molar-refractivity contribution in [3.8, 4) is 11.5 Å². The minimum absolute atomic E-state index is 0.0506. The van der Waals surface area contributed by atoms with E-state index in [1.165, 1.54) is 0 Å². The fourth-order valence-corrected chi connectivity index (χ4v) is 4.31. The Labute approximate surface area is 136 Å². The van der Waals surface area contributed by atoms with Gasteiger partial charge in [0, 0.05) is 4.88 Å². The van der Waals surface area contributed by atoms with E-state index in [9.17, 15) is 0 Å². The molecule has 0 radical (unpaired) electrons. The Morgan fingerprint density at radius 1 is 1.32 bits per heavy atom. The van der Waals surface area contributed by atoms with E-state index in [1.54, 1.807) is 11.3 Å². The molecule has 2 unspecified atom stereocenters. The van der Waals surface area contributed by atoms with E-state index in [1.807, 2.05) is 30.3 Å². The number of fused-ring (bicyclic) bond motifs is 1. The molecule has 1 aromatic heterocycles. The van der Waals surface area contributed by atoms with Crippen molar-refractivity contribution >= 4 is 54.8 Å². The fourth-order valence-electron chi connectivity index (χ4n) is 1.86. The first kappa shape index (κ1) is 13.7. The molecule has 6 heteroatoms. The maximum Gasteiger partial charge on any atom is 0.161 e. The van der Waals surface area contributed by atoms with Gasteiger partial charge in [0.05, 0.1) is 13.6 Å². The molecule has 2 atom stereocenters. The van der Waals surface area contributed by atoms with Crippen LogP contribution in [0.4, 0.5) is 0 Å². The van der Waals surface area contributed by atoms with Crippen LogP contribution >= 0.6 is 54.8 Å². The van der Waals surface area contributed by atoms with Crippen LogP contribution in [0.15, 0.2) is 34.1 Å². The third kappa shape index (κ3) is 2.79. The van der Waals surface area contributed by atoms with Crippen LogP contribution in [-0.2, 0) is 0 Å². The van der Waals surface area contributed by atoms with Crippen molar-refractivity contribution in [1.82, 2.24) is 0 Å². The second-order valence-electron chi connectivity index (χ2n) is 4.09. The van der Waals surface area contributed by atoms with Gasteiger partial charge in [-0.25, -0.2) is 0 Å². The quantitative estimate of drug-likeness (QED) is 0.598. The van der Waals surface area contributed by atoms with Crippen molar-refractivity contribution in [2.24, 2.45) is 0 Å². The second kappa shape index (κ2) is 5.64. The molecular weight excluding hydrogens is 415 g/mol. The average molecular weight is 425 g/mol. The van der Waals surface area contributed by atoms with Crippen LogP contribution in [0.1, 0.15) is 9.70 Å². The molecule has 0 spiro atoms. The van der Waals surface area contributed by atoms with Crippen molar-refractivity contribution < 1.29 is 9.47 Å². The maximum atomic E-state index is 6.06. The zero-order chi connectivity index (χ0) is 13.4. The summed E-state index contributed by atoms with van der Waals surface area (Å²) in [5.74, 6) is 1.58. The third-order valence-electron chi connectivity index (χ3n) is 2.79. The topological polar surface area (TPSA) is 18.5 Å². The summed E-state index contributed by atoms with van der Waals surface area (Å²) in [5.41, 5.74) is 0. The predicted molar refractivity (Wildman–Crippen MR) is 85.1 cm³/mol. The minimum Gasteiger partial charge on any atom is -0.486 e. The number of para-hydroxylation sites is 2. The normalized spacial score (nSPS) is 19.2. The van der Waals surface area contributed by atoms with Crippen LogP contribution in [0.5, 0.6) is 11.5 Å². The van der Waals surface area contributed by atoms with Gasteiger partial charge in [-0.3, -0.25) is 0 Å². The number of hydrogen-bond acceptors (Lipinski definition) is 3. The molecule has 0 fully saturated rings. The van der Waals surface area contributed by atoms with Gasteiger partial charge >= 0.3 is 0 Å². The van der Waals surface area contributed by atoms with Crippen molar-refractivity contribution in [2.45, 2.75) is 10.9 Å². The van der Waals surface area contributed by atoms with Gasteiger partial charge in [0.2, 0.25) is 0 Å². The average Bonchev–Trinajstić information content (AvgIpc) is 2.77. The van der Waals surface area contributed by atoms with Crippen molar-refractivity contribution in [2.75, 3.05) is 6.61 Å². The van der Waals surface area contributed by atoms with Crippen LogP contribution in [-0.4, -0.2) is 12.7 Å². The highest BCUT2D eigenvalue weighted by Gasteiger charge is 2.29. The number of halogens is 3. The summed E-state index contributed by atoms with van der Waals surface area (Å²) in [5, 5.41) is 0.724. The highest BCUT2D eigenvalue weighted by Crippen LogP contribution is 2.42. The Hall–Kier alpha value is -0.230. The summed E-state index contributed by atoms with van der Waals surface area (Å²) < 4.78 is 12.6. The first-order chi connectivity index (χ1) is 9.15. The third-order valence-corrected chi connectivity index (χ3v) is 6.74. The highest BCUT2D eigenvalue weighted by molar-refractivity contribution is 9.11. The molecule has 0 saturated carbocycles. The van der Waals surface area contributed by atoms with Gasteiger partial charge in [0.25, 0.3) is 0 Å². The first-order valence-electron chi connectivity index (χ1n) is 5.62. The molecular formula is C13H9Br2ClO2S. The van der Waals surface area contributed by atoms with Crippen molar-refractivity contribution in [3.05, 3.63) is 44.0 Å². The summed E-state index contributed by atoms with van der Waals surface area (Å²) in [7, 11) is 0. The molecule has 3 rings (SSSR count). The Morgan fingerprint density at radius 2 is 2.05 bits per heavy atom. The van der Waals surface area contributed by atoms with E-state index < -0.39 is 0 Å². The lowest BCUT2D eigenvalue weighted by molar-refractivity contribution is 0.0910. The van der Waals surface area contributed by atoms with Gasteiger partial charge in [0.15, 0.2) is 17.6 Å². The summed E-state index contributed by atoms with van der Waals surface area (Å²) >= 11 is 14.8. The smallest absolute Gasteiger partial charge is 0.161 e. The largest absolute Gasteiger partial charge is 0.486 e. The van der Waals surface area contributed by atoms with Crippen LogP contribution in [0.25, 0.3) is 0 Å². The monoisotopic (exact) mass is 422 g/mol. The van der Waals surface area contributed by atoms with Crippen molar-refractivity contribution in [3.63, 3.8) is 0 Å². The van der Waals surface area contributed by atoms with Gasteiger partial charge in [0.1, 0.15) is 6.61 Å². The van der Waals surface area contributed by atoms with Crippen LogP contribution < -0.4 is 9.47 Å². The Morgan fingerprint density at radius 3 is 2.74 bits per heavy atom. The predicted octanol–water partition coefficient (Wildman–Crippen LogP) is 5.44. The minimum atomic E-state index is -0.0727. The fraction of sp³-hybridized carbons (Fsp3) is 0.231. The molecule has 2 heterocycles. The van der Waals surface area contributed by atoms with Gasteiger partial charge in [-0.15, -0.1) is 11.3 Å². The number of alkyl halides is 1. The maximum absolute atomic E-state index is 6.06. The molecule has 2 nitrogen and oxygen atoms in total. The Bertz CT molecular complexity index is 583. The zero-order valence-electron chi connectivity index (χ0n) is 9.61. The van der Waals surface area contributed by atoms with E-state index in [4.69, 9.17) is 21.1 Å². The molecule has 0 bridgehead atoms. The van der Waals surface area contributed by atoms with Gasteiger partial charge in [-0.05, 0) is 34.1 Å². The number of rotatable bonds is 2. The number of ether oxygens (including phenoxy) is 2. The highest BCUT2D eigenvalue weighted by atomic mass is 79.9. The lowest BCUT2D eigenvalue weighted by atomic mass is 10.2. The summed E-state index contributed by atoms with van der Waals surface area (Å²) in [4.78, 5) is 1.17. The molecule has 2 aromatic rings. The Kier molecular flexibility index (Phi) is 4.08. The van der Waals surface area contributed by atoms with Gasteiger partial charge in [-0.1, -0.05) is 39.7 Å². The molecule has 100 valence electrons. The summed E-state index contributed by atoms with van der Waals surface area (Å²) in [6.45, 7) is 0.514. The molecule has 0 amide bonds.